The summed E-state index contributed by atoms with van der Waals surface area (Å²) >= 11 is 0. The number of aryl methyl sites for hydroxylation is 1. The molecule has 0 aromatic carbocycles. The number of primary sulfonamides is 1. The van der Waals surface area contributed by atoms with Gasteiger partial charge in [0.1, 0.15) is 0 Å². The molecule has 6 heteroatoms. The minimum atomic E-state index is -3.41. The largest absolute Gasteiger partial charge is 0.295 e. The van der Waals surface area contributed by atoms with Gasteiger partial charge in [0.2, 0.25) is 10.0 Å². The average molecular weight is 283 g/mol. The standard InChI is InChI=1S/C13H21N3O2S/c1-11-5-6-12(8-15-11)9-16-7-3-2-4-13(16)10-19(14,17)18/h5-6,8,13H,2-4,7,9-10H2,1H3,(H2,14,17,18). The van der Waals surface area contributed by atoms with Gasteiger partial charge in [0.15, 0.2) is 0 Å². The highest BCUT2D eigenvalue weighted by Crippen LogP contribution is 2.20. The number of sulfonamides is 1. The van der Waals surface area contributed by atoms with Crippen LogP contribution in [0.2, 0.25) is 0 Å². The van der Waals surface area contributed by atoms with E-state index in [0.29, 0.717) is 0 Å². The zero-order valence-electron chi connectivity index (χ0n) is 11.2. The van der Waals surface area contributed by atoms with Gasteiger partial charge >= 0.3 is 0 Å². The van der Waals surface area contributed by atoms with E-state index in [0.717, 1.165) is 43.6 Å². The Kier molecular flexibility index (Phi) is 4.54. The van der Waals surface area contributed by atoms with E-state index in [9.17, 15) is 8.42 Å². The lowest BCUT2D eigenvalue weighted by Gasteiger charge is -2.35. The van der Waals surface area contributed by atoms with Gasteiger partial charge in [-0.2, -0.15) is 0 Å². The molecule has 0 amide bonds. The first-order chi connectivity index (χ1) is 8.94. The maximum Gasteiger partial charge on any atom is 0.210 e. The van der Waals surface area contributed by atoms with Crippen molar-refractivity contribution >= 4 is 10.0 Å². The van der Waals surface area contributed by atoms with E-state index >= 15 is 0 Å². The molecule has 0 bridgehead atoms. The van der Waals surface area contributed by atoms with E-state index in [2.05, 4.69) is 9.88 Å². The summed E-state index contributed by atoms with van der Waals surface area (Å²) in [4.78, 5) is 6.48. The SMILES string of the molecule is Cc1ccc(CN2CCCCC2CS(N)(=O)=O)cn1. The van der Waals surface area contributed by atoms with Gasteiger partial charge in [0.25, 0.3) is 0 Å². The summed E-state index contributed by atoms with van der Waals surface area (Å²) in [7, 11) is -3.41. The molecule has 0 radical (unpaired) electrons. The van der Waals surface area contributed by atoms with Crippen molar-refractivity contribution < 1.29 is 8.42 Å². The molecule has 0 spiro atoms. The highest BCUT2D eigenvalue weighted by molar-refractivity contribution is 7.89. The quantitative estimate of drug-likeness (QED) is 0.895. The van der Waals surface area contributed by atoms with Crippen molar-refractivity contribution in [3.8, 4) is 0 Å². The average Bonchev–Trinajstić information content (AvgIpc) is 2.33. The minimum absolute atomic E-state index is 0.0325. The third-order valence-electron chi connectivity index (χ3n) is 3.53. The van der Waals surface area contributed by atoms with Crippen LogP contribution < -0.4 is 5.14 Å². The number of pyridine rings is 1. The Bertz CT molecular complexity index is 513. The second-order valence-electron chi connectivity index (χ2n) is 5.26. The first kappa shape index (κ1) is 14.4. The smallest absolute Gasteiger partial charge is 0.210 e. The Morgan fingerprint density at radius 1 is 1.42 bits per heavy atom. The fourth-order valence-electron chi connectivity index (χ4n) is 2.55. The molecule has 1 atom stereocenters. The predicted molar refractivity (Wildman–Crippen MR) is 75.0 cm³/mol. The van der Waals surface area contributed by atoms with Crippen LogP contribution >= 0.6 is 0 Å². The van der Waals surface area contributed by atoms with E-state index in [1.54, 1.807) is 0 Å². The van der Waals surface area contributed by atoms with Crippen LogP contribution in [0.3, 0.4) is 0 Å². The van der Waals surface area contributed by atoms with Crippen LogP contribution in [0.25, 0.3) is 0 Å². The van der Waals surface area contributed by atoms with Crippen molar-refractivity contribution in [2.45, 2.75) is 38.8 Å². The number of rotatable bonds is 4. The molecule has 19 heavy (non-hydrogen) atoms. The molecule has 1 aliphatic rings. The molecule has 0 saturated carbocycles. The van der Waals surface area contributed by atoms with Gasteiger partial charge < -0.3 is 0 Å². The molecule has 1 fully saturated rings. The van der Waals surface area contributed by atoms with Crippen LogP contribution in [0, 0.1) is 6.92 Å². The summed E-state index contributed by atoms with van der Waals surface area (Å²) in [5.41, 5.74) is 2.11. The number of hydrogen-bond acceptors (Lipinski definition) is 4. The highest BCUT2D eigenvalue weighted by atomic mass is 32.2. The molecular weight excluding hydrogens is 262 g/mol. The molecule has 2 N–H and O–H groups in total. The number of piperidine rings is 1. The molecule has 0 aliphatic carbocycles. The van der Waals surface area contributed by atoms with Crippen LogP contribution in [0.4, 0.5) is 0 Å². The molecule has 2 rings (SSSR count). The first-order valence-electron chi connectivity index (χ1n) is 6.60. The van der Waals surface area contributed by atoms with Crippen molar-refractivity contribution in [3.05, 3.63) is 29.6 Å². The lowest BCUT2D eigenvalue weighted by molar-refractivity contribution is 0.154. The summed E-state index contributed by atoms with van der Waals surface area (Å²) in [5.74, 6) is 0.0479. The molecule has 2 heterocycles. The molecule has 5 nitrogen and oxygen atoms in total. The van der Waals surface area contributed by atoms with Gasteiger partial charge in [-0.3, -0.25) is 9.88 Å². The molecule has 106 valence electrons. The normalized spacial score (nSPS) is 21.5. The lowest BCUT2D eigenvalue weighted by Crippen LogP contribution is -2.44. The van der Waals surface area contributed by atoms with Crippen LogP contribution in [0.1, 0.15) is 30.5 Å². The number of nitrogens with two attached hydrogens (primary N) is 1. The van der Waals surface area contributed by atoms with E-state index < -0.39 is 10.0 Å². The van der Waals surface area contributed by atoms with Crippen LogP contribution in [-0.2, 0) is 16.6 Å². The Balaban J connectivity index is 2.05. The molecular formula is C13H21N3O2S. The fraction of sp³-hybridized carbons (Fsp3) is 0.615. The monoisotopic (exact) mass is 283 g/mol. The molecule has 1 aromatic rings. The zero-order valence-corrected chi connectivity index (χ0v) is 12.1. The van der Waals surface area contributed by atoms with Crippen LogP contribution in [-0.4, -0.2) is 36.6 Å². The van der Waals surface area contributed by atoms with E-state index in [-0.39, 0.29) is 11.8 Å². The number of likely N-dealkylation sites (tertiary alicyclic amines) is 1. The van der Waals surface area contributed by atoms with Crippen LogP contribution in [0.15, 0.2) is 18.3 Å². The third kappa shape index (κ3) is 4.56. The fourth-order valence-corrected chi connectivity index (χ4v) is 3.47. The van der Waals surface area contributed by atoms with E-state index in [4.69, 9.17) is 5.14 Å². The van der Waals surface area contributed by atoms with Crippen molar-refractivity contribution in [1.29, 1.82) is 0 Å². The van der Waals surface area contributed by atoms with Gasteiger partial charge in [-0.1, -0.05) is 12.5 Å². The third-order valence-corrected chi connectivity index (χ3v) is 4.38. The van der Waals surface area contributed by atoms with E-state index in [1.165, 1.54) is 0 Å². The second kappa shape index (κ2) is 5.98. The summed E-state index contributed by atoms with van der Waals surface area (Å²) in [6.45, 7) is 3.62. The summed E-state index contributed by atoms with van der Waals surface area (Å²) < 4.78 is 22.6. The maximum absolute atomic E-state index is 11.3. The van der Waals surface area contributed by atoms with Gasteiger partial charge in [0, 0.05) is 24.5 Å². The summed E-state index contributed by atoms with van der Waals surface area (Å²) in [6.07, 6.45) is 4.94. The maximum atomic E-state index is 11.3. The van der Waals surface area contributed by atoms with Crippen molar-refractivity contribution in [2.24, 2.45) is 5.14 Å². The van der Waals surface area contributed by atoms with Gasteiger partial charge in [-0.05, 0) is 37.9 Å². The molecule has 1 unspecified atom stereocenters. The molecule has 1 aliphatic heterocycles. The Labute approximate surface area is 114 Å². The summed E-state index contributed by atoms with van der Waals surface area (Å²) in [5, 5.41) is 5.17. The Morgan fingerprint density at radius 3 is 2.84 bits per heavy atom. The number of hydrogen-bond donors (Lipinski definition) is 1. The second-order valence-corrected chi connectivity index (χ2v) is 6.92. The topological polar surface area (TPSA) is 76.3 Å². The zero-order chi connectivity index (χ0) is 13.9. The lowest BCUT2D eigenvalue weighted by atomic mass is 10.0. The van der Waals surface area contributed by atoms with Gasteiger partial charge in [0.05, 0.1) is 5.75 Å². The molecule has 1 aromatic heterocycles. The molecule has 1 saturated heterocycles. The number of nitrogens with zero attached hydrogens (tertiary/aromatic N) is 2. The highest BCUT2D eigenvalue weighted by Gasteiger charge is 2.25. The van der Waals surface area contributed by atoms with Gasteiger partial charge in [-0.25, -0.2) is 13.6 Å². The van der Waals surface area contributed by atoms with Crippen molar-refractivity contribution in [1.82, 2.24) is 9.88 Å². The van der Waals surface area contributed by atoms with Crippen LogP contribution in [0.5, 0.6) is 0 Å². The van der Waals surface area contributed by atoms with Crippen molar-refractivity contribution in [3.63, 3.8) is 0 Å². The van der Waals surface area contributed by atoms with Crippen molar-refractivity contribution in [2.75, 3.05) is 12.3 Å². The Morgan fingerprint density at radius 2 is 2.21 bits per heavy atom. The minimum Gasteiger partial charge on any atom is -0.295 e. The first-order valence-corrected chi connectivity index (χ1v) is 8.32. The summed E-state index contributed by atoms with van der Waals surface area (Å²) in [6, 6.07) is 4.06. The van der Waals surface area contributed by atoms with Gasteiger partial charge in [-0.15, -0.1) is 0 Å². The Hall–Kier alpha value is -0.980. The predicted octanol–water partition coefficient (Wildman–Crippen LogP) is 1.03. The number of aromatic nitrogens is 1. The van der Waals surface area contributed by atoms with E-state index in [1.807, 2.05) is 25.3 Å².